The summed E-state index contributed by atoms with van der Waals surface area (Å²) >= 11 is 1.36. The van der Waals surface area contributed by atoms with Gasteiger partial charge in [-0.05, 0) is 31.2 Å². The molecule has 25 heavy (non-hydrogen) atoms. The molecule has 1 heterocycles. The number of benzene rings is 2. The van der Waals surface area contributed by atoms with Gasteiger partial charge in [-0.25, -0.2) is 4.98 Å². The van der Waals surface area contributed by atoms with E-state index in [1.807, 2.05) is 42.6 Å². The number of carbonyl (C=O) groups excluding carboxylic acids is 1. The molecule has 1 amide bonds. The van der Waals surface area contributed by atoms with E-state index in [0.717, 1.165) is 22.6 Å². The molecule has 1 aromatic heterocycles. The Morgan fingerprint density at radius 1 is 1.08 bits per heavy atom. The zero-order chi connectivity index (χ0) is 17.8. The quantitative estimate of drug-likeness (QED) is 0.738. The molecular weight excluding hydrogens is 336 g/mol. The van der Waals surface area contributed by atoms with Gasteiger partial charge in [0, 0.05) is 10.9 Å². The number of hydrogen-bond acceptors (Lipinski definition) is 5. The van der Waals surface area contributed by atoms with E-state index in [-0.39, 0.29) is 5.91 Å². The van der Waals surface area contributed by atoms with Gasteiger partial charge in [-0.3, -0.25) is 10.1 Å². The van der Waals surface area contributed by atoms with Crippen molar-refractivity contribution >= 4 is 22.4 Å². The number of aromatic nitrogens is 1. The highest BCUT2D eigenvalue weighted by molar-refractivity contribution is 7.14. The summed E-state index contributed by atoms with van der Waals surface area (Å²) in [7, 11) is 3.17. The number of carbonyl (C=O) groups is 1. The molecule has 0 fully saturated rings. The van der Waals surface area contributed by atoms with Crippen LogP contribution in [0.3, 0.4) is 0 Å². The van der Waals surface area contributed by atoms with E-state index in [4.69, 9.17) is 9.47 Å². The fourth-order valence-electron chi connectivity index (χ4n) is 2.47. The van der Waals surface area contributed by atoms with Crippen LogP contribution in [0.15, 0.2) is 47.8 Å². The molecule has 0 radical (unpaired) electrons. The van der Waals surface area contributed by atoms with E-state index in [1.165, 1.54) is 11.3 Å². The summed E-state index contributed by atoms with van der Waals surface area (Å²) in [4.78, 5) is 17.1. The Balaban J connectivity index is 1.84. The van der Waals surface area contributed by atoms with Gasteiger partial charge in [-0.1, -0.05) is 23.8 Å². The molecule has 0 aliphatic rings. The number of aryl methyl sites for hydroxylation is 1. The van der Waals surface area contributed by atoms with Gasteiger partial charge in [0.05, 0.1) is 25.5 Å². The van der Waals surface area contributed by atoms with Crippen LogP contribution in [0.4, 0.5) is 5.13 Å². The van der Waals surface area contributed by atoms with E-state index >= 15 is 0 Å². The van der Waals surface area contributed by atoms with Crippen LogP contribution in [0.5, 0.6) is 11.5 Å². The Bertz CT molecular complexity index is 905. The summed E-state index contributed by atoms with van der Waals surface area (Å²) < 4.78 is 10.6. The van der Waals surface area contributed by atoms with Crippen LogP contribution >= 0.6 is 11.3 Å². The number of hydrogen-bond donors (Lipinski definition) is 1. The van der Waals surface area contributed by atoms with Crippen LogP contribution in [0.2, 0.25) is 0 Å². The number of rotatable bonds is 5. The molecular formula is C19H18N2O3S. The highest BCUT2D eigenvalue weighted by atomic mass is 32.1. The number of anilines is 1. The lowest BCUT2D eigenvalue weighted by molar-refractivity contribution is 0.102. The number of methoxy groups -OCH3 is 2. The first kappa shape index (κ1) is 17.0. The summed E-state index contributed by atoms with van der Waals surface area (Å²) in [5.41, 5.74) is 3.11. The average Bonchev–Trinajstić information content (AvgIpc) is 3.09. The molecule has 0 atom stereocenters. The monoisotopic (exact) mass is 354 g/mol. The number of para-hydroxylation sites is 1. The third kappa shape index (κ3) is 3.64. The van der Waals surface area contributed by atoms with Crippen molar-refractivity contribution in [2.24, 2.45) is 0 Å². The number of amides is 1. The molecule has 0 spiro atoms. The van der Waals surface area contributed by atoms with Crippen LogP contribution < -0.4 is 14.8 Å². The lowest BCUT2D eigenvalue weighted by atomic mass is 10.1. The van der Waals surface area contributed by atoms with Crippen molar-refractivity contribution in [2.45, 2.75) is 6.92 Å². The predicted octanol–water partition coefficient (Wildman–Crippen LogP) is 4.39. The van der Waals surface area contributed by atoms with Crippen LogP contribution in [-0.4, -0.2) is 25.1 Å². The molecule has 0 aliphatic carbocycles. The second kappa shape index (κ2) is 7.36. The largest absolute Gasteiger partial charge is 0.496 e. The number of ether oxygens (including phenoxy) is 2. The molecule has 5 nitrogen and oxygen atoms in total. The minimum Gasteiger partial charge on any atom is -0.496 e. The molecule has 0 bridgehead atoms. The first-order valence-electron chi connectivity index (χ1n) is 7.67. The van der Waals surface area contributed by atoms with Crippen molar-refractivity contribution in [1.29, 1.82) is 0 Å². The minimum absolute atomic E-state index is 0.249. The molecule has 2 aromatic carbocycles. The van der Waals surface area contributed by atoms with Crippen molar-refractivity contribution in [2.75, 3.05) is 19.5 Å². The predicted molar refractivity (Wildman–Crippen MR) is 99.8 cm³/mol. The molecule has 3 rings (SSSR count). The smallest absolute Gasteiger partial charge is 0.261 e. The van der Waals surface area contributed by atoms with Crippen LogP contribution in [0.1, 0.15) is 15.9 Å². The second-order valence-corrected chi connectivity index (χ2v) is 6.25. The van der Waals surface area contributed by atoms with E-state index in [1.54, 1.807) is 26.4 Å². The molecule has 128 valence electrons. The summed E-state index contributed by atoms with van der Waals surface area (Å²) in [6, 6.07) is 13.1. The van der Waals surface area contributed by atoms with Gasteiger partial charge in [0.15, 0.2) is 5.13 Å². The maximum Gasteiger partial charge on any atom is 0.261 e. The zero-order valence-electron chi connectivity index (χ0n) is 14.2. The molecule has 3 aromatic rings. The van der Waals surface area contributed by atoms with Gasteiger partial charge in [0.25, 0.3) is 5.91 Å². The molecule has 1 N–H and O–H groups in total. The fourth-order valence-corrected chi connectivity index (χ4v) is 3.18. The molecule has 0 saturated carbocycles. The summed E-state index contributed by atoms with van der Waals surface area (Å²) in [5, 5.41) is 5.25. The van der Waals surface area contributed by atoms with Crippen molar-refractivity contribution < 1.29 is 14.3 Å². The van der Waals surface area contributed by atoms with Gasteiger partial charge >= 0.3 is 0 Å². The lowest BCUT2D eigenvalue weighted by Crippen LogP contribution is -2.13. The molecule has 0 saturated heterocycles. The van der Waals surface area contributed by atoms with Crippen LogP contribution in [0.25, 0.3) is 11.3 Å². The van der Waals surface area contributed by atoms with Crippen molar-refractivity contribution in [1.82, 2.24) is 4.98 Å². The Labute approximate surface area is 150 Å². The Morgan fingerprint density at radius 2 is 1.84 bits per heavy atom. The summed E-state index contributed by atoms with van der Waals surface area (Å²) in [6.07, 6.45) is 0. The number of thiazole rings is 1. The van der Waals surface area contributed by atoms with E-state index in [0.29, 0.717) is 16.4 Å². The lowest BCUT2D eigenvalue weighted by Gasteiger charge is -2.08. The zero-order valence-corrected chi connectivity index (χ0v) is 15.0. The highest BCUT2D eigenvalue weighted by Gasteiger charge is 2.15. The van der Waals surface area contributed by atoms with Gasteiger partial charge < -0.3 is 9.47 Å². The first-order valence-corrected chi connectivity index (χ1v) is 8.55. The van der Waals surface area contributed by atoms with E-state index in [9.17, 15) is 4.79 Å². The van der Waals surface area contributed by atoms with Crippen molar-refractivity contribution in [3.05, 3.63) is 59.0 Å². The maximum absolute atomic E-state index is 12.6. The minimum atomic E-state index is -0.249. The van der Waals surface area contributed by atoms with Crippen molar-refractivity contribution in [3.8, 4) is 22.8 Å². The van der Waals surface area contributed by atoms with E-state index < -0.39 is 0 Å². The van der Waals surface area contributed by atoms with Gasteiger partial charge in [-0.15, -0.1) is 11.3 Å². The van der Waals surface area contributed by atoms with Crippen LogP contribution in [0, 0.1) is 6.92 Å². The Morgan fingerprint density at radius 3 is 2.60 bits per heavy atom. The van der Waals surface area contributed by atoms with E-state index in [2.05, 4.69) is 10.3 Å². The standard InChI is InChI=1S/C19H18N2O3S/c1-12-8-9-17(24-3)14(10-12)18(22)21-19-20-15(11-25-19)13-6-4-5-7-16(13)23-2/h4-11H,1-3H3,(H,20,21,22). The van der Waals surface area contributed by atoms with Crippen molar-refractivity contribution in [3.63, 3.8) is 0 Å². The highest BCUT2D eigenvalue weighted by Crippen LogP contribution is 2.32. The number of nitrogens with one attached hydrogen (secondary N) is 1. The topological polar surface area (TPSA) is 60.5 Å². The fraction of sp³-hybridized carbons (Fsp3) is 0.158. The first-order chi connectivity index (χ1) is 12.1. The second-order valence-electron chi connectivity index (χ2n) is 5.40. The molecule has 0 aliphatic heterocycles. The normalized spacial score (nSPS) is 10.4. The summed E-state index contributed by atoms with van der Waals surface area (Å²) in [5.74, 6) is 1.03. The van der Waals surface area contributed by atoms with Gasteiger partial charge in [0.1, 0.15) is 11.5 Å². The number of nitrogens with zero attached hydrogens (tertiary/aromatic N) is 1. The van der Waals surface area contributed by atoms with Crippen LogP contribution in [-0.2, 0) is 0 Å². The maximum atomic E-state index is 12.6. The molecule has 0 unspecified atom stereocenters. The van der Waals surface area contributed by atoms with Gasteiger partial charge in [-0.2, -0.15) is 0 Å². The third-order valence-corrected chi connectivity index (χ3v) is 4.46. The van der Waals surface area contributed by atoms with Gasteiger partial charge in [0.2, 0.25) is 0 Å². The average molecular weight is 354 g/mol. The SMILES string of the molecule is COc1ccc(C)cc1C(=O)Nc1nc(-c2ccccc2OC)cs1. The third-order valence-electron chi connectivity index (χ3n) is 3.71. The Kier molecular flexibility index (Phi) is 5.00. The molecule has 6 heteroatoms. The Hall–Kier alpha value is -2.86. The summed E-state index contributed by atoms with van der Waals surface area (Å²) in [6.45, 7) is 1.93.